The fourth-order valence-corrected chi connectivity index (χ4v) is 2.39. The minimum atomic E-state index is 0.0943. The lowest BCUT2D eigenvalue weighted by Gasteiger charge is -2.16. The van der Waals surface area contributed by atoms with E-state index in [1.807, 2.05) is 37.3 Å². The SMILES string of the molecule is CC(NCc1ccc(C#N)cc1)c1cc(Cl)ccc1Cl. The number of rotatable bonds is 4. The molecule has 0 fully saturated rings. The number of benzene rings is 2. The lowest BCUT2D eigenvalue weighted by molar-refractivity contribution is 0.575. The zero-order valence-electron chi connectivity index (χ0n) is 11.0. The van der Waals surface area contributed by atoms with Crippen LogP contribution in [0.2, 0.25) is 10.0 Å². The van der Waals surface area contributed by atoms with Gasteiger partial charge in [-0.3, -0.25) is 0 Å². The highest BCUT2D eigenvalue weighted by molar-refractivity contribution is 6.33. The molecule has 2 aromatic carbocycles. The summed E-state index contributed by atoms with van der Waals surface area (Å²) < 4.78 is 0. The molecule has 0 saturated heterocycles. The van der Waals surface area contributed by atoms with Crippen LogP contribution in [0.15, 0.2) is 42.5 Å². The number of halogens is 2. The molecule has 0 heterocycles. The molecule has 0 saturated carbocycles. The Labute approximate surface area is 128 Å². The Hall–Kier alpha value is -1.53. The molecular formula is C16H14Cl2N2. The minimum Gasteiger partial charge on any atom is -0.306 e. The molecule has 2 nitrogen and oxygen atoms in total. The first-order valence-corrected chi connectivity index (χ1v) is 7.03. The standard InChI is InChI=1S/C16H14Cl2N2/c1-11(15-8-14(17)6-7-16(15)18)20-10-13-4-2-12(9-19)3-5-13/h2-8,11,20H,10H2,1H3. The summed E-state index contributed by atoms with van der Waals surface area (Å²) in [5, 5.41) is 13.5. The van der Waals surface area contributed by atoms with Crippen molar-refractivity contribution < 1.29 is 0 Å². The Morgan fingerprint density at radius 2 is 1.85 bits per heavy atom. The number of hydrogen-bond acceptors (Lipinski definition) is 2. The number of nitrogens with one attached hydrogen (secondary N) is 1. The molecule has 0 radical (unpaired) electrons. The van der Waals surface area contributed by atoms with Gasteiger partial charge in [0.05, 0.1) is 11.6 Å². The molecule has 4 heteroatoms. The third-order valence-corrected chi connectivity index (χ3v) is 3.70. The second kappa shape index (κ2) is 6.76. The quantitative estimate of drug-likeness (QED) is 0.887. The Balaban J connectivity index is 2.02. The van der Waals surface area contributed by atoms with Crippen LogP contribution < -0.4 is 5.32 Å². The van der Waals surface area contributed by atoms with E-state index in [9.17, 15) is 0 Å². The van der Waals surface area contributed by atoms with E-state index in [-0.39, 0.29) is 6.04 Å². The van der Waals surface area contributed by atoms with Gasteiger partial charge in [-0.05, 0) is 48.4 Å². The Kier molecular flexibility index (Phi) is 5.03. The number of nitriles is 1. The molecule has 2 rings (SSSR count). The van der Waals surface area contributed by atoms with Gasteiger partial charge in [0.25, 0.3) is 0 Å². The van der Waals surface area contributed by atoms with E-state index in [1.165, 1.54) is 0 Å². The predicted octanol–water partition coefficient (Wildman–Crippen LogP) is 4.72. The van der Waals surface area contributed by atoms with Crippen molar-refractivity contribution in [2.75, 3.05) is 0 Å². The van der Waals surface area contributed by atoms with Crippen molar-refractivity contribution in [1.82, 2.24) is 5.32 Å². The topological polar surface area (TPSA) is 35.8 Å². The molecule has 0 bridgehead atoms. The van der Waals surface area contributed by atoms with Crippen LogP contribution in [-0.4, -0.2) is 0 Å². The average Bonchev–Trinajstić information content (AvgIpc) is 2.47. The Morgan fingerprint density at radius 1 is 1.15 bits per heavy atom. The minimum absolute atomic E-state index is 0.0943. The summed E-state index contributed by atoms with van der Waals surface area (Å²) >= 11 is 12.2. The monoisotopic (exact) mass is 304 g/mol. The van der Waals surface area contributed by atoms with Gasteiger partial charge in [0, 0.05) is 22.6 Å². The van der Waals surface area contributed by atoms with Gasteiger partial charge in [-0.1, -0.05) is 35.3 Å². The fraction of sp³-hybridized carbons (Fsp3) is 0.188. The van der Waals surface area contributed by atoms with Gasteiger partial charge in [0.2, 0.25) is 0 Å². The first-order chi connectivity index (χ1) is 9.60. The summed E-state index contributed by atoms with van der Waals surface area (Å²) in [5.41, 5.74) is 2.77. The van der Waals surface area contributed by atoms with Crippen LogP contribution in [0.3, 0.4) is 0 Å². The smallest absolute Gasteiger partial charge is 0.0991 e. The van der Waals surface area contributed by atoms with Gasteiger partial charge in [-0.2, -0.15) is 5.26 Å². The summed E-state index contributed by atoms with van der Waals surface area (Å²) in [6, 6.07) is 15.2. The van der Waals surface area contributed by atoms with E-state index in [0.29, 0.717) is 22.2 Å². The van der Waals surface area contributed by atoms with Crippen molar-refractivity contribution >= 4 is 23.2 Å². The van der Waals surface area contributed by atoms with Gasteiger partial charge in [0.1, 0.15) is 0 Å². The number of nitrogens with zero attached hydrogens (tertiary/aromatic N) is 1. The van der Waals surface area contributed by atoms with Crippen LogP contribution in [0.1, 0.15) is 29.7 Å². The van der Waals surface area contributed by atoms with Crippen LogP contribution >= 0.6 is 23.2 Å². The van der Waals surface area contributed by atoms with Crippen LogP contribution in [0.4, 0.5) is 0 Å². The van der Waals surface area contributed by atoms with Crippen LogP contribution in [0.5, 0.6) is 0 Å². The molecule has 102 valence electrons. The summed E-state index contributed by atoms with van der Waals surface area (Å²) in [4.78, 5) is 0. The van der Waals surface area contributed by atoms with Crippen LogP contribution in [-0.2, 0) is 6.54 Å². The summed E-state index contributed by atoms with van der Waals surface area (Å²) in [5.74, 6) is 0. The fourth-order valence-electron chi connectivity index (χ4n) is 1.92. The lowest BCUT2D eigenvalue weighted by atomic mass is 10.1. The predicted molar refractivity (Wildman–Crippen MR) is 82.9 cm³/mol. The largest absolute Gasteiger partial charge is 0.306 e. The Bertz CT molecular complexity index is 630. The maximum atomic E-state index is 8.76. The summed E-state index contributed by atoms with van der Waals surface area (Å²) in [6.45, 7) is 2.75. The van der Waals surface area contributed by atoms with E-state index in [1.54, 1.807) is 12.1 Å². The first kappa shape index (κ1) is 14.9. The van der Waals surface area contributed by atoms with Gasteiger partial charge < -0.3 is 5.32 Å². The maximum absolute atomic E-state index is 8.76. The first-order valence-electron chi connectivity index (χ1n) is 6.27. The van der Waals surface area contributed by atoms with E-state index in [2.05, 4.69) is 11.4 Å². The molecule has 0 amide bonds. The van der Waals surface area contributed by atoms with Crippen LogP contribution in [0, 0.1) is 11.3 Å². The lowest BCUT2D eigenvalue weighted by Crippen LogP contribution is -2.18. The molecular weight excluding hydrogens is 291 g/mol. The molecule has 0 aliphatic carbocycles. The van der Waals surface area contributed by atoms with E-state index in [0.717, 1.165) is 11.1 Å². The van der Waals surface area contributed by atoms with Crippen molar-refractivity contribution in [2.45, 2.75) is 19.5 Å². The van der Waals surface area contributed by atoms with Crippen molar-refractivity contribution in [3.8, 4) is 6.07 Å². The van der Waals surface area contributed by atoms with Crippen molar-refractivity contribution in [1.29, 1.82) is 5.26 Å². The Morgan fingerprint density at radius 3 is 2.50 bits per heavy atom. The van der Waals surface area contributed by atoms with Gasteiger partial charge in [-0.15, -0.1) is 0 Å². The molecule has 0 aliphatic rings. The second-order valence-corrected chi connectivity index (χ2v) is 5.42. The van der Waals surface area contributed by atoms with Gasteiger partial charge in [0.15, 0.2) is 0 Å². The third kappa shape index (κ3) is 3.74. The van der Waals surface area contributed by atoms with Crippen molar-refractivity contribution in [2.24, 2.45) is 0 Å². The average molecular weight is 305 g/mol. The molecule has 1 unspecified atom stereocenters. The molecule has 1 N–H and O–H groups in total. The maximum Gasteiger partial charge on any atom is 0.0991 e. The molecule has 2 aromatic rings. The van der Waals surface area contributed by atoms with E-state index >= 15 is 0 Å². The second-order valence-electron chi connectivity index (χ2n) is 4.58. The summed E-state index contributed by atoms with van der Waals surface area (Å²) in [6.07, 6.45) is 0. The number of hydrogen-bond donors (Lipinski definition) is 1. The molecule has 20 heavy (non-hydrogen) atoms. The van der Waals surface area contributed by atoms with E-state index in [4.69, 9.17) is 28.5 Å². The normalized spacial score (nSPS) is 11.9. The van der Waals surface area contributed by atoms with E-state index < -0.39 is 0 Å². The molecule has 0 aromatic heterocycles. The van der Waals surface area contributed by atoms with Gasteiger partial charge >= 0.3 is 0 Å². The van der Waals surface area contributed by atoms with Crippen molar-refractivity contribution in [3.63, 3.8) is 0 Å². The zero-order chi connectivity index (χ0) is 14.5. The zero-order valence-corrected chi connectivity index (χ0v) is 12.5. The van der Waals surface area contributed by atoms with Crippen LogP contribution in [0.25, 0.3) is 0 Å². The highest BCUT2D eigenvalue weighted by Gasteiger charge is 2.09. The van der Waals surface area contributed by atoms with Crippen molar-refractivity contribution in [3.05, 3.63) is 69.2 Å². The highest BCUT2D eigenvalue weighted by atomic mass is 35.5. The summed E-state index contributed by atoms with van der Waals surface area (Å²) in [7, 11) is 0. The third-order valence-electron chi connectivity index (χ3n) is 3.12. The highest BCUT2D eigenvalue weighted by Crippen LogP contribution is 2.26. The molecule has 0 spiro atoms. The molecule has 1 atom stereocenters. The molecule has 0 aliphatic heterocycles. The van der Waals surface area contributed by atoms with Gasteiger partial charge in [-0.25, -0.2) is 0 Å².